The molecule has 0 aliphatic carbocycles. The minimum absolute atomic E-state index is 0.0257. The molecule has 1 aliphatic heterocycles. The molecule has 1 saturated heterocycles. The summed E-state index contributed by atoms with van der Waals surface area (Å²) in [7, 11) is 0. The molecule has 3 N–H and O–H groups in total. The fourth-order valence-electron chi connectivity index (χ4n) is 3.83. The third-order valence-electron chi connectivity index (χ3n) is 5.46. The van der Waals surface area contributed by atoms with Gasteiger partial charge in [-0.2, -0.15) is 0 Å². The zero-order valence-electron chi connectivity index (χ0n) is 17.7. The minimum Gasteiger partial charge on any atom is -0.342 e. The van der Waals surface area contributed by atoms with Crippen molar-refractivity contribution in [1.29, 1.82) is 0 Å². The number of piperidine rings is 1. The number of aromatic nitrogens is 1. The van der Waals surface area contributed by atoms with Crippen LogP contribution in [0.5, 0.6) is 0 Å². The van der Waals surface area contributed by atoms with E-state index in [2.05, 4.69) is 25.8 Å². The molecule has 1 unspecified atom stereocenters. The first-order valence-electron chi connectivity index (χ1n) is 10.8. The van der Waals surface area contributed by atoms with Crippen LogP contribution in [0, 0.1) is 0 Å². The maximum atomic E-state index is 12.8. The van der Waals surface area contributed by atoms with E-state index >= 15 is 0 Å². The Morgan fingerprint density at radius 2 is 1.72 bits per heavy atom. The molecule has 1 atom stereocenters. The lowest BCUT2D eigenvalue weighted by Crippen LogP contribution is -2.48. The number of hydrogen-bond acceptors (Lipinski definition) is 5. The zero-order valence-corrected chi connectivity index (χ0v) is 18.6. The SMILES string of the molecule is O=C(CN1CCC(NC(=O)Nc2ccccc2)CC1)NC(c1ccccc1)c1nccs1. The summed E-state index contributed by atoms with van der Waals surface area (Å²) in [5.74, 6) is -0.0257. The van der Waals surface area contributed by atoms with Crippen LogP contribution in [0.15, 0.2) is 72.2 Å². The lowest BCUT2D eigenvalue weighted by atomic mass is 10.0. The molecule has 0 bridgehead atoms. The third kappa shape index (κ3) is 6.15. The molecular weight excluding hydrogens is 422 g/mol. The van der Waals surface area contributed by atoms with Gasteiger partial charge in [-0.1, -0.05) is 48.5 Å². The van der Waals surface area contributed by atoms with Gasteiger partial charge in [0.15, 0.2) is 0 Å². The number of amides is 3. The van der Waals surface area contributed by atoms with Crippen LogP contribution in [0.25, 0.3) is 0 Å². The maximum absolute atomic E-state index is 12.8. The van der Waals surface area contributed by atoms with Crippen molar-refractivity contribution in [3.63, 3.8) is 0 Å². The van der Waals surface area contributed by atoms with E-state index < -0.39 is 0 Å². The average Bonchev–Trinajstić information content (AvgIpc) is 3.35. The van der Waals surface area contributed by atoms with Crippen molar-refractivity contribution in [1.82, 2.24) is 20.5 Å². The van der Waals surface area contributed by atoms with Gasteiger partial charge in [-0.25, -0.2) is 9.78 Å². The predicted octanol–water partition coefficient (Wildman–Crippen LogP) is 3.63. The van der Waals surface area contributed by atoms with Gasteiger partial charge in [0.05, 0.1) is 6.54 Å². The van der Waals surface area contributed by atoms with E-state index in [0.29, 0.717) is 6.54 Å². The number of carbonyl (C=O) groups excluding carboxylic acids is 2. The van der Waals surface area contributed by atoms with Gasteiger partial charge in [0.25, 0.3) is 0 Å². The highest BCUT2D eigenvalue weighted by Crippen LogP contribution is 2.23. The summed E-state index contributed by atoms with van der Waals surface area (Å²) >= 11 is 1.53. The Hall–Kier alpha value is -3.23. The van der Waals surface area contributed by atoms with Crippen LogP contribution in [0.3, 0.4) is 0 Å². The Morgan fingerprint density at radius 3 is 2.38 bits per heavy atom. The van der Waals surface area contributed by atoms with Crippen LogP contribution in [-0.2, 0) is 4.79 Å². The molecule has 0 saturated carbocycles. The summed E-state index contributed by atoms with van der Waals surface area (Å²) in [5, 5.41) is 11.8. The molecule has 1 fully saturated rings. The standard InChI is InChI=1S/C24H27N5O2S/c30-21(28-22(23-25-13-16-32-23)18-7-3-1-4-8-18)17-29-14-11-20(12-15-29)27-24(31)26-19-9-5-2-6-10-19/h1-10,13,16,20,22H,11-12,14-15,17H2,(H,28,30)(H2,26,27,31). The summed E-state index contributed by atoms with van der Waals surface area (Å²) in [5.41, 5.74) is 1.79. The number of hydrogen-bond donors (Lipinski definition) is 3. The summed E-state index contributed by atoms with van der Waals surface area (Å²) in [4.78, 5) is 31.5. The quantitative estimate of drug-likeness (QED) is 0.514. The number of nitrogens with zero attached hydrogens (tertiary/aromatic N) is 2. The van der Waals surface area contributed by atoms with Crippen molar-refractivity contribution in [2.75, 3.05) is 25.0 Å². The van der Waals surface area contributed by atoms with Gasteiger partial charge >= 0.3 is 6.03 Å². The zero-order chi connectivity index (χ0) is 22.2. The molecule has 4 rings (SSSR count). The fraction of sp³-hybridized carbons (Fsp3) is 0.292. The van der Waals surface area contributed by atoms with Crippen molar-refractivity contribution < 1.29 is 9.59 Å². The van der Waals surface area contributed by atoms with E-state index in [9.17, 15) is 9.59 Å². The van der Waals surface area contributed by atoms with Crippen LogP contribution < -0.4 is 16.0 Å². The van der Waals surface area contributed by atoms with E-state index in [4.69, 9.17) is 0 Å². The second-order valence-electron chi connectivity index (χ2n) is 7.80. The molecule has 8 heteroatoms. The number of urea groups is 1. The molecule has 1 aliphatic rings. The topological polar surface area (TPSA) is 86.4 Å². The molecule has 3 aromatic rings. The Labute approximate surface area is 191 Å². The second kappa shape index (κ2) is 10.9. The monoisotopic (exact) mass is 449 g/mol. The summed E-state index contributed by atoms with van der Waals surface area (Å²) in [6.07, 6.45) is 3.38. The van der Waals surface area contributed by atoms with Gasteiger partial charge in [0, 0.05) is 36.4 Å². The van der Waals surface area contributed by atoms with Crippen LogP contribution in [0.4, 0.5) is 10.5 Å². The molecule has 32 heavy (non-hydrogen) atoms. The molecule has 3 amide bonds. The van der Waals surface area contributed by atoms with E-state index in [1.807, 2.05) is 66.0 Å². The van der Waals surface area contributed by atoms with Gasteiger partial charge in [0.1, 0.15) is 11.0 Å². The van der Waals surface area contributed by atoms with Crippen molar-refractivity contribution in [2.24, 2.45) is 0 Å². The molecular formula is C24H27N5O2S. The Bertz CT molecular complexity index is 990. The summed E-state index contributed by atoms with van der Waals surface area (Å²) in [6.45, 7) is 1.85. The third-order valence-corrected chi connectivity index (χ3v) is 6.30. The first kappa shape index (κ1) is 22.0. The number of benzene rings is 2. The van der Waals surface area contributed by atoms with Crippen LogP contribution >= 0.6 is 11.3 Å². The Kier molecular flexibility index (Phi) is 7.47. The normalized spacial score (nSPS) is 15.6. The Balaban J connectivity index is 1.24. The van der Waals surface area contributed by atoms with Crippen LogP contribution in [0.1, 0.15) is 29.5 Å². The summed E-state index contributed by atoms with van der Waals surface area (Å²) in [6, 6.07) is 19.0. The molecule has 2 aromatic carbocycles. The van der Waals surface area contributed by atoms with Gasteiger partial charge in [0.2, 0.25) is 5.91 Å². The first-order valence-corrected chi connectivity index (χ1v) is 11.6. The van der Waals surface area contributed by atoms with Crippen molar-refractivity contribution >= 4 is 29.0 Å². The maximum Gasteiger partial charge on any atom is 0.319 e. The summed E-state index contributed by atoms with van der Waals surface area (Å²) < 4.78 is 0. The lowest BCUT2D eigenvalue weighted by molar-refractivity contribution is -0.123. The minimum atomic E-state index is -0.246. The number of likely N-dealkylation sites (tertiary alicyclic amines) is 1. The van der Waals surface area contributed by atoms with E-state index in [1.165, 1.54) is 11.3 Å². The van der Waals surface area contributed by atoms with Gasteiger partial charge in [-0.05, 0) is 30.5 Å². The molecule has 1 aromatic heterocycles. The lowest BCUT2D eigenvalue weighted by Gasteiger charge is -2.32. The molecule has 7 nitrogen and oxygen atoms in total. The predicted molar refractivity (Wildman–Crippen MR) is 127 cm³/mol. The van der Waals surface area contributed by atoms with Crippen molar-refractivity contribution in [3.05, 3.63) is 82.8 Å². The van der Waals surface area contributed by atoms with E-state index in [1.54, 1.807) is 6.20 Å². The molecule has 2 heterocycles. The van der Waals surface area contributed by atoms with Crippen LogP contribution in [-0.4, -0.2) is 47.5 Å². The first-order chi connectivity index (χ1) is 15.7. The van der Waals surface area contributed by atoms with Crippen molar-refractivity contribution in [2.45, 2.75) is 24.9 Å². The number of anilines is 1. The smallest absolute Gasteiger partial charge is 0.319 e. The molecule has 166 valence electrons. The van der Waals surface area contributed by atoms with E-state index in [-0.39, 0.29) is 24.0 Å². The van der Waals surface area contributed by atoms with Gasteiger partial charge < -0.3 is 16.0 Å². The largest absolute Gasteiger partial charge is 0.342 e. The highest BCUT2D eigenvalue weighted by atomic mass is 32.1. The number of thiazole rings is 1. The fourth-order valence-corrected chi connectivity index (χ4v) is 4.54. The van der Waals surface area contributed by atoms with Crippen molar-refractivity contribution in [3.8, 4) is 0 Å². The van der Waals surface area contributed by atoms with Gasteiger partial charge in [-0.3, -0.25) is 9.69 Å². The second-order valence-corrected chi connectivity index (χ2v) is 8.72. The van der Waals surface area contributed by atoms with Gasteiger partial charge in [-0.15, -0.1) is 11.3 Å². The number of para-hydroxylation sites is 1. The molecule has 0 spiro atoms. The number of nitrogens with one attached hydrogen (secondary N) is 3. The average molecular weight is 450 g/mol. The van der Waals surface area contributed by atoms with E-state index in [0.717, 1.165) is 42.2 Å². The molecule has 0 radical (unpaired) electrons. The Morgan fingerprint density at radius 1 is 1.03 bits per heavy atom. The highest BCUT2D eigenvalue weighted by molar-refractivity contribution is 7.09. The highest BCUT2D eigenvalue weighted by Gasteiger charge is 2.24. The number of carbonyl (C=O) groups is 2. The number of rotatable bonds is 7. The van der Waals surface area contributed by atoms with Crippen LogP contribution in [0.2, 0.25) is 0 Å².